The Morgan fingerprint density at radius 1 is 0.509 bits per heavy atom. The first kappa shape index (κ1) is 40.2. The first-order chi connectivity index (χ1) is 27.7. The SMILES string of the molecule is CC1(C)O[C@H]2[C@@H](O1)[C@@H](CO[C@@H]1O[C@@H]([C@@H](COCc3ccccc3)OCc3ccccc3)[C@H](OCc3ccccc3)[C@H]1OCc1ccccc1)O[C@@H]1OC(C)(C)O[C@@H]12. The molecule has 0 N–H and O–H groups in total. The highest BCUT2D eigenvalue weighted by Crippen LogP contribution is 2.44. The molecule has 57 heavy (non-hydrogen) atoms. The van der Waals surface area contributed by atoms with Gasteiger partial charge in [0.25, 0.3) is 0 Å². The minimum absolute atomic E-state index is 0.0989. The molecule has 4 saturated heterocycles. The molecule has 0 aromatic heterocycles. The van der Waals surface area contributed by atoms with Gasteiger partial charge in [-0.1, -0.05) is 121 Å². The lowest BCUT2D eigenvalue weighted by Crippen LogP contribution is -2.56. The third-order valence-electron chi connectivity index (χ3n) is 10.5. The van der Waals surface area contributed by atoms with Crippen molar-refractivity contribution in [1.29, 1.82) is 0 Å². The summed E-state index contributed by atoms with van der Waals surface area (Å²) < 4.78 is 72.0. The van der Waals surface area contributed by atoms with Crippen LogP contribution in [0.15, 0.2) is 121 Å². The van der Waals surface area contributed by atoms with Crippen LogP contribution < -0.4 is 0 Å². The van der Waals surface area contributed by atoms with Gasteiger partial charge in [-0.3, -0.25) is 0 Å². The molecule has 4 aliphatic rings. The lowest BCUT2D eigenvalue weighted by atomic mass is 9.99. The minimum Gasteiger partial charge on any atom is -0.374 e. The third kappa shape index (κ3) is 10.2. The summed E-state index contributed by atoms with van der Waals surface area (Å²) >= 11 is 0. The van der Waals surface area contributed by atoms with Crippen LogP contribution in [0.5, 0.6) is 0 Å². The van der Waals surface area contributed by atoms with Crippen molar-refractivity contribution in [3.05, 3.63) is 144 Å². The largest absolute Gasteiger partial charge is 0.374 e. The minimum atomic E-state index is -0.872. The van der Waals surface area contributed by atoms with Gasteiger partial charge >= 0.3 is 0 Å². The summed E-state index contributed by atoms with van der Waals surface area (Å²) in [5, 5.41) is 0. The van der Waals surface area contributed by atoms with Crippen LogP contribution in [-0.2, 0) is 78.5 Å². The molecule has 0 amide bonds. The molecule has 4 heterocycles. The Bertz CT molecular complexity index is 1810. The molecule has 10 atom stereocenters. The van der Waals surface area contributed by atoms with E-state index < -0.39 is 73.0 Å². The maximum atomic E-state index is 6.92. The molecule has 11 heteroatoms. The van der Waals surface area contributed by atoms with E-state index in [1.165, 1.54) is 0 Å². The van der Waals surface area contributed by atoms with Gasteiger partial charge in [-0.15, -0.1) is 0 Å². The van der Waals surface area contributed by atoms with Gasteiger partial charge in [-0.05, 0) is 49.9 Å². The highest BCUT2D eigenvalue weighted by molar-refractivity contribution is 5.16. The quantitative estimate of drug-likeness (QED) is 0.110. The summed E-state index contributed by atoms with van der Waals surface area (Å²) in [5.41, 5.74) is 4.11. The topological polar surface area (TPSA) is 102 Å². The Kier molecular flexibility index (Phi) is 12.8. The molecule has 4 aromatic carbocycles. The van der Waals surface area contributed by atoms with Crippen molar-refractivity contribution >= 4 is 0 Å². The second kappa shape index (κ2) is 18.1. The first-order valence-corrected chi connectivity index (χ1v) is 19.9. The van der Waals surface area contributed by atoms with E-state index in [-0.39, 0.29) is 13.2 Å². The molecular weight excluding hydrogens is 728 g/mol. The van der Waals surface area contributed by atoms with E-state index >= 15 is 0 Å². The molecule has 304 valence electrons. The highest BCUT2D eigenvalue weighted by Gasteiger charge is 2.61. The zero-order chi connectivity index (χ0) is 39.2. The zero-order valence-corrected chi connectivity index (χ0v) is 33.1. The van der Waals surface area contributed by atoms with E-state index in [9.17, 15) is 0 Å². The van der Waals surface area contributed by atoms with Gasteiger partial charge in [-0.25, -0.2) is 0 Å². The Labute approximate surface area is 335 Å². The fourth-order valence-electron chi connectivity index (χ4n) is 7.88. The van der Waals surface area contributed by atoms with Crippen LogP contribution in [0, 0.1) is 0 Å². The Morgan fingerprint density at radius 2 is 1.00 bits per heavy atom. The van der Waals surface area contributed by atoms with Crippen molar-refractivity contribution in [2.45, 2.75) is 127 Å². The number of benzene rings is 4. The molecule has 0 bridgehead atoms. The standard InChI is InChI=1S/C46H54O11/c1-45(2)54-38-36(52-44-42(40(38)55-45)56-46(3,4)57-44)30-51-43-41(50-28-34-23-15-8-16-24-34)39(49-27-33-21-13-7-14-22-33)37(53-43)35(48-26-32-19-11-6-12-20-32)29-47-25-31-17-9-5-10-18-31/h5-24,35-44H,25-30H2,1-4H3/t35-,36-,37+,38+,39+,40+,41-,42-,43-,44-/m1/s1. The lowest BCUT2D eigenvalue weighted by Gasteiger charge is -2.37. The maximum Gasteiger partial charge on any atom is 0.190 e. The average Bonchev–Trinajstić information content (AvgIpc) is 3.86. The van der Waals surface area contributed by atoms with Crippen LogP contribution in [0.1, 0.15) is 49.9 Å². The van der Waals surface area contributed by atoms with Gasteiger partial charge in [0.2, 0.25) is 0 Å². The van der Waals surface area contributed by atoms with Crippen LogP contribution in [0.2, 0.25) is 0 Å². The summed E-state index contributed by atoms with van der Waals surface area (Å²) in [6.45, 7) is 9.25. The predicted octanol–water partition coefficient (Wildman–Crippen LogP) is 7.10. The van der Waals surface area contributed by atoms with Gasteiger partial charge in [0.15, 0.2) is 24.2 Å². The van der Waals surface area contributed by atoms with Crippen molar-refractivity contribution < 1.29 is 52.1 Å². The van der Waals surface area contributed by atoms with Crippen LogP contribution in [0.4, 0.5) is 0 Å². The second-order valence-corrected chi connectivity index (χ2v) is 15.9. The van der Waals surface area contributed by atoms with Crippen molar-refractivity contribution in [3.8, 4) is 0 Å². The summed E-state index contributed by atoms with van der Waals surface area (Å²) in [6.07, 6.45) is -5.90. The normalized spacial score (nSPS) is 30.5. The molecule has 4 fully saturated rings. The lowest BCUT2D eigenvalue weighted by molar-refractivity contribution is -0.263. The van der Waals surface area contributed by atoms with E-state index in [4.69, 9.17) is 52.1 Å². The van der Waals surface area contributed by atoms with E-state index in [1.54, 1.807) is 0 Å². The van der Waals surface area contributed by atoms with Crippen molar-refractivity contribution in [1.82, 2.24) is 0 Å². The van der Waals surface area contributed by atoms with E-state index in [2.05, 4.69) is 0 Å². The Balaban J connectivity index is 1.07. The molecule has 0 aliphatic carbocycles. The number of ether oxygens (including phenoxy) is 11. The van der Waals surface area contributed by atoms with Crippen molar-refractivity contribution in [2.75, 3.05) is 13.2 Å². The third-order valence-corrected chi connectivity index (χ3v) is 10.5. The highest BCUT2D eigenvalue weighted by atomic mass is 16.9. The van der Waals surface area contributed by atoms with Gasteiger partial charge < -0.3 is 52.1 Å². The van der Waals surface area contributed by atoms with Crippen LogP contribution >= 0.6 is 0 Å². The van der Waals surface area contributed by atoms with Gasteiger partial charge in [0.1, 0.15) is 48.8 Å². The molecule has 0 radical (unpaired) electrons. The number of rotatable bonds is 17. The predicted molar refractivity (Wildman–Crippen MR) is 208 cm³/mol. The first-order valence-electron chi connectivity index (χ1n) is 19.9. The molecule has 0 saturated carbocycles. The van der Waals surface area contributed by atoms with Gasteiger partial charge in [-0.2, -0.15) is 0 Å². The van der Waals surface area contributed by atoms with Crippen LogP contribution in [0.3, 0.4) is 0 Å². The summed E-state index contributed by atoms with van der Waals surface area (Å²) in [5.74, 6) is -1.69. The summed E-state index contributed by atoms with van der Waals surface area (Å²) in [4.78, 5) is 0. The molecule has 4 aliphatic heterocycles. The Hall–Kier alpha value is -3.56. The fraction of sp³-hybridized carbons (Fsp3) is 0.478. The van der Waals surface area contributed by atoms with Crippen molar-refractivity contribution in [2.24, 2.45) is 0 Å². The van der Waals surface area contributed by atoms with E-state index in [1.807, 2.05) is 149 Å². The van der Waals surface area contributed by atoms with Crippen LogP contribution in [-0.4, -0.2) is 86.2 Å². The van der Waals surface area contributed by atoms with E-state index in [0.717, 1.165) is 22.3 Å². The monoisotopic (exact) mass is 782 g/mol. The smallest absolute Gasteiger partial charge is 0.190 e. The molecular formula is C46H54O11. The molecule has 0 spiro atoms. The zero-order valence-electron chi connectivity index (χ0n) is 33.1. The molecule has 4 aromatic rings. The molecule has 0 unspecified atom stereocenters. The Morgan fingerprint density at radius 3 is 1.60 bits per heavy atom. The fourth-order valence-corrected chi connectivity index (χ4v) is 7.88. The van der Waals surface area contributed by atoms with Gasteiger partial charge in [0, 0.05) is 0 Å². The van der Waals surface area contributed by atoms with Crippen LogP contribution in [0.25, 0.3) is 0 Å². The second-order valence-electron chi connectivity index (χ2n) is 15.9. The molecule has 8 rings (SSSR count). The number of hydrogen-bond acceptors (Lipinski definition) is 11. The van der Waals surface area contributed by atoms with Crippen molar-refractivity contribution in [3.63, 3.8) is 0 Å². The average molecular weight is 783 g/mol. The number of fused-ring (bicyclic) bond motifs is 3. The van der Waals surface area contributed by atoms with E-state index in [0.29, 0.717) is 26.4 Å². The van der Waals surface area contributed by atoms with Gasteiger partial charge in [0.05, 0.1) is 39.6 Å². The molecule has 11 nitrogen and oxygen atoms in total. The maximum absolute atomic E-state index is 6.92. The summed E-state index contributed by atoms with van der Waals surface area (Å²) in [7, 11) is 0. The summed E-state index contributed by atoms with van der Waals surface area (Å²) in [6, 6.07) is 40.2. The number of hydrogen-bond donors (Lipinski definition) is 0.